The lowest BCUT2D eigenvalue weighted by Gasteiger charge is -2.19. The number of methoxy groups -OCH3 is 1. The molecule has 0 unspecified atom stereocenters. The van der Waals surface area contributed by atoms with Gasteiger partial charge in [0.15, 0.2) is 5.75 Å². The molecule has 0 spiro atoms. The minimum Gasteiger partial charge on any atom is -0.497 e. The summed E-state index contributed by atoms with van der Waals surface area (Å²) < 4.78 is 40.1. The Kier molecular flexibility index (Phi) is 7.97. The Morgan fingerprint density at radius 2 is 1.86 bits per heavy atom. The number of amides is 1. The number of anilines is 1. The van der Waals surface area contributed by atoms with Gasteiger partial charge < -0.3 is 24.7 Å². The molecule has 2 rings (SSSR count). The standard InChI is InChI=1S/C19H24N2O7S/c1-13(9-14-3-6-16(27-2)7-4-14)20-11-18(23)15-5-8-19(28-29(24,25)26)17(10-15)21-12-22/h3-8,10,12-13,18,20,23H,9,11H2,1-2H3,(H,21,22)(H,24,25,26)/t13-,18+/m1/s1. The summed E-state index contributed by atoms with van der Waals surface area (Å²) in [6.07, 6.45) is 0.160. The van der Waals surface area contributed by atoms with Crippen molar-refractivity contribution in [1.29, 1.82) is 0 Å². The second-order valence-corrected chi connectivity index (χ2v) is 7.43. The number of ether oxygens (including phenoxy) is 1. The van der Waals surface area contributed by atoms with E-state index in [-0.39, 0.29) is 24.0 Å². The molecule has 0 aliphatic rings. The Bertz CT molecular complexity index is 917. The van der Waals surface area contributed by atoms with Crippen LogP contribution in [0.15, 0.2) is 42.5 Å². The molecule has 2 atom stereocenters. The number of benzene rings is 2. The highest BCUT2D eigenvalue weighted by molar-refractivity contribution is 7.81. The highest BCUT2D eigenvalue weighted by Crippen LogP contribution is 2.29. The van der Waals surface area contributed by atoms with Crippen LogP contribution in [0.1, 0.15) is 24.2 Å². The number of hydrogen-bond donors (Lipinski definition) is 4. The van der Waals surface area contributed by atoms with E-state index in [4.69, 9.17) is 9.29 Å². The maximum absolute atomic E-state index is 10.9. The number of aliphatic hydroxyl groups is 1. The van der Waals surface area contributed by atoms with Crippen molar-refractivity contribution in [3.8, 4) is 11.5 Å². The number of carbonyl (C=O) groups excluding carboxylic acids is 1. The van der Waals surface area contributed by atoms with Crippen molar-refractivity contribution in [2.75, 3.05) is 19.0 Å². The third kappa shape index (κ3) is 7.35. The molecule has 0 radical (unpaired) electrons. The van der Waals surface area contributed by atoms with Crippen LogP contribution in [-0.4, -0.2) is 44.2 Å². The maximum Gasteiger partial charge on any atom is 0.446 e. The molecule has 2 aromatic rings. The van der Waals surface area contributed by atoms with Gasteiger partial charge in [-0.25, -0.2) is 0 Å². The smallest absolute Gasteiger partial charge is 0.446 e. The average molecular weight is 424 g/mol. The van der Waals surface area contributed by atoms with Gasteiger partial charge in [-0.15, -0.1) is 0 Å². The summed E-state index contributed by atoms with van der Waals surface area (Å²) in [4.78, 5) is 10.7. The molecule has 0 aliphatic carbocycles. The van der Waals surface area contributed by atoms with Gasteiger partial charge in [-0.2, -0.15) is 8.42 Å². The number of carbonyl (C=O) groups is 1. The van der Waals surface area contributed by atoms with Crippen LogP contribution in [0, 0.1) is 0 Å². The van der Waals surface area contributed by atoms with Gasteiger partial charge in [0.25, 0.3) is 0 Å². The summed E-state index contributed by atoms with van der Waals surface area (Å²) in [6.45, 7) is 2.22. The number of nitrogens with one attached hydrogen (secondary N) is 2. The predicted molar refractivity (Wildman–Crippen MR) is 107 cm³/mol. The molecular formula is C19H24N2O7S. The van der Waals surface area contributed by atoms with Crippen LogP contribution >= 0.6 is 0 Å². The van der Waals surface area contributed by atoms with Gasteiger partial charge in [0.2, 0.25) is 6.41 Å². The van der Waals surface area contributed by atoms with Gasteiger partial charge >= 0.3 is 10.4 Å². The van der Waals surface area contributed by atoms with Crippen LogP contribution in [0.25, 0.3) is 0 Å². The van der Waals surface area contributed by atoms with Crippen molar-refractivity contribution in [3.63, 3.8) is 0 Å². The van der Waals surface area contributed by atoms with Crippen LogP contribution in [0.4, 0.5) is 5.69 Å². The molecular weight excluding hydrogens is 400 g/mol. The van der Waals surface area contributed by atoms with Crippen molar-refractivity contribution in [2.24, 2.45) is 0 Å². The molecule has 9 nitrogen and oxygen atoms in total. The number of rotatable bonds is 11. The van der Waals surface area contributed by atoms with E-state index < -0.39 is 16.5 Å². The molecule has 10 heteroatoms. The molecule has 0 aromatic heterocycles. The third-order valence-electron chi connectivity index (χ3n) is 4.16. The van der Waals surface area contributed by atoms with Gasteiger partial charge in [0, 0.05) is 12.6 Å². The van der Waals surface area contributed by atoms with Crippen LogP contribution in [-0.2, 0) is 21.6 Å². The van der Waals surface area contributed by atoms with E-state index in [1.807, 2.05) is 31.2 Å². The number of hydrogen-bond acceptors (Lipinski definition) is 7. The Morgan fingerprint density at radius 3 is 2.45 bits per heavy atom. The molecule has 29 heavy (non-hydrogen) atoms. The van der Waals surface area contributed by atoms with Crippen LogP contribution in [0.5, 0.6) is 11.5 Å². The lowest BCUT2D eigenvalue weighted by Crippen LogP contribution is -2.32. The van der Waals surface area contributed by atoms with Gasteiger partial charge in [0.1, 0.15) is 5.75 Å². The van der Waals surface area contributed by atoms with E-state index in [2.05, 4.69) is 14.8 Å². The Labute approximate surface area is 169 Å². The normalized spacial score (nSPS) is 13.4. The predicted octanol–water partition coefficient (Wildman–Crippen LogP) is 1.70. The van der Waals surface area contributed by atoms with Crippen molar-refractivity contribution in [2.45, 2.75) is 25.5 Å². The van der Waals surface area contributed by atoms with Gasteiger partial charge in [0.05, 0.1) is 18.9 Å². The van der Waals surface area contributed by atoms with E-state index >= 15 is 0 Å². The molecule has 0 heterocycles. The summed E-state index contributed by atoms with van der Waals surface area (Å²) in [7, 11) is -3.14. The second-order valence-electron chi connectivity index (χ2n) is 6.41. The van der Waals surface area contributed by atoms with E-state index in [0.717, 1.165) is 17.7 Å². The third-order valence-corrected chi connectivity index (χ3v) is 4.55. The van der Waals surface area contributed by atoms with E-state index in [1.54, 1.807) is 7.11 Å². The molecule has 0 saturated heterocycles. The molecule has 2 aromatic carbocycles. The zero-order valence-electron chi connectivity index (χ0n) is 16.0. The Balaban J connectivity index is 1.98. The van der Waals surface area contributed by atoms with Gasteiger partial charge in [-0.05, 0) is 48.7 Å². The van der Waals surface area contributed by atoms with Crippen LogP contribution < -0.4 is 19.6 Å². The summed E-state index contributed by atoms with van der Waals surface area (Å²) in [5, 5.41) is 15.9. The van der Waals surface area contributed by atoms with Crippen molar-refractivity contribution in [1.82, 2.24) is 5.32 Å². The van der Waals surface area contributed by atoms with Crippen LogP contribution in [0.3, 0.4) is 0 Å². The highest BCUT2D eigenvalue weighted by atomic mass is 32.3. The van der Waals surface area contributed by atoms with E-state index in [9.17, 15) is 18.3 Å². The lowest BCUT2D eigenvalue weighted by atomic mass is 10.1. The first-order chi connectivity index (χ1) is 13.7. The summed E-state index contributed by atoms with van der Waals surface area (Å²) in [5.41, 5.74) is 1.55. The topological polar surface area (TPSA) is 134 Å². The van der Waals surface area contributed by atoms with E-state index in [0.29, 0.717) is 12.0 Å². The van der Waals surface area contributed by atoms with Gasteiger partial charge in [-0.1, -0.05) is 18.2 Å². The maximum atomic E-state index is 10.9. The average Bonchev–Trinajstić information content (AvgIpc) is 2.67. The van der Waals surface area contributed by atoms with Crippen molar-refractivity contribution >= 4 is 22.5 Å². The SMILES string of the molecule is COc1ccc(C[C@@H](C)NC[C@H](O)c2ccc(OS(=O)(=O)O)c(NC=O)c2)cc1. The first kappa shape index (κ1) is 22.6. The summed E-state index contributed by atoms with van der Waals surface area (Å²) >= 11 is 0. The molecule has 158 valence electrons. The quantitative estimate of drug-likeness (QED) is 0.316. The fourth-order valence-corrected chi connectivity index (χ4v) is 3.11. The van der Waals surface area contributed by atoms with Crippen molar-refractivity contribution < 1.29 is 31.8 Å². The zero-order valence-corrected chi connectivity index (χ0v) is 16.8. The number of aliphatic hydroxyl groups excluding tert-OH is 1. The second kappa shape index (κ2) is 10.2. The minimum atomic E-state index is -4.75. The summed E-state index contributed by atoms with van der Waals surface area (Å²) in [6, 6.07) is 11.8. The summed E-state index contributed by atoms with van der Waals surface area (Å²) in [5.74, 6) is 0.516. The monoisotopic (exact) mass is 424 g/mol. The molecule has 0 saturated carbocycles. The van der Waals surface area contributed by atoms with Gasteiger partial charge in [-0.3, -0.25) is 9.35 Å². The minimum absolute atomic E-state index is 0.000423. The Morgan fingerprint density at radius 1 is 1.17 bits per heavy atom. The zero-order chi connectivity index (χ0) is 21.4. The first-order valence-corrected chi connectivity index (χ1v) is 10.1. The lowest BCUT2D eigenvalue weighted by molar-refractivity contribution is -0.105. The largest absolute Gasteiger partial charge is 0.497 e. The highest BCUT2D eigenvalue weighted by Gasteiger charge is 2.16. The molecule has 0 aliphatic heterocycles. The first-order valence-electron chi connectivity index (χ1n) is 8.77. The fourth-order valence-electron chi connectivity index (χ4n) is 2.74. The molecule has 0 fully saturated rings. The van der Waals surface area contributed by atoms with E-state index in [1.165, 1.54) is 18.2 Å². The molecule has 1 amide bonds. The Hall–Kier alpha value is -2.66. The molecule has 4 N–H and O–H groups in total. The van der Waals surface area contributed by atoms with Crippen molar-refractivity contribution in [3.05, 3.63) is 53.6 Å². The molecule has 0 bridgehead atoms. The fraction of sp³-hybridized carbons (Fsp3) is 0.316. The van der Waals surface area contributed by atoms with Crippen LogP contribution in [0.2, 0.25) is 0 Å².